The summed E-state index contributed by atoms with van der Waals surface area (Å²) in [5, 5.41) is 7.03. The van der Waals surface area contributed by atoms with Gasteiger partial charge >= 0.3 is 6.18 Å². The largest absolute Gasteiger partial charge is 0.493 e. The number of aromatic nitrogens is 2. The van der Waals surface area contributed by atoms with Crippen LogP contribution in [-0.2, 0) is 22.0 Å². The number of carbonyl (C=O) groups is 1. The zero-order valence-electron chi connectivity index (χ0n) is 16.2. The van der Waals surface area contributed by atoms with E-state index in [9.17, 15) is 22.2 Å². The summed E-state index contributed by atoms with van der Waals surface area (Å²) in [5.74, 6) is 0.0215. The minimum atomic E-state index is -4.65. The molecule has 2 unspecified atom stereocenters. The van der Waals surface area contributed by atoms with Crippen LogP contribution in [0.5, 0.6) is 17.4 Å². The van der Waals surface area contributed by atoms with Crippen molar-refractivity contribution in [2.75, 3.05) is 6.61 Å². The average molecular weight is 461 g/mol. The summed E-state index contributed by atoms with van der Waals surface area (Å²) in [6, 6.07) is 10.8. The molecule has 0 saturated heterocycles. The maximum atomic E-state index is 13.3. The van der Waals surface area contributed by atoms with Crippen LogP contribution in [0.15, 0.2) is 53.4 Å². The first-order valence-corrected chi connectivity index (χ1v) is 10.7. The normalized spacial score (nSPS) is 20.3. The van der Waals surface area contributed by atoms with E-state index < -0.39 is 28.8 Å². The van der Waals surface area contributed by atoms with Crippen molar-refractivity contribution in [2.45, 2.75) is 18.5 Å². The molecule has 32 heavy (non-hydrogen) atoms. The predicted octanol–water partition coefficient (Wildman–Crippen LogP) is 3.98. The van der Waals surface area contributed by atoms with Crippen molar-refractivity contribution in [1.82, 2.24) is 14.9 Å². The predicted molar refractivity (Wildman–Crippen MR) is 108 cm³/mol. The van der Waals surface area contributed by atoms with E-state index in [0.29, 0.717) is 29.4 Å². The third-order valence-electron chi connectivity index (χ3n) is 5.19. The fraction of sp³-hybridized carbons (Fsp3) is 0.190. The number of ether oxygens (including phenoxy) is 2. The van der Waals surface area contributed by atoms with E-state index in [1.807, 2.05) is 0 Å². The van der Waals surface area contributed by atoms with Gasteiger partial charge in [-0.2, -0.15) is 13.2 Å². The summed E-state index contributed by atoms with van der Waals surface area (Å²) in [6.45, 7) is 0.340. The Morgan fingerprint density at radius 3 is 2.62 bits per heavy atom. The molecule has 0 saturated carbocycles. The van der Waals surface area contributed by atoms with Crippen LogP contribution < -0.4 is 14.2 Å². The topological polar surface area (TPSA) is 90.4 Å². The third kappa shape index (κ3) is 3.58. The summed E-state index contributed by atoms with van der Waals surface area (Å²) in [7, 11) is -1.59. The quantitative estimate of drug-likeness (QED) is 0.635. The number of fused-ring (bicyclic) bond motifs is 2. The third-order valence-corrected chi connectivity index (χ3v) is 6.40. The molecule has 0 fully saturated rings. The molecule has 1 aromatic heterocycles. The van der Waals surface area contributed by atoms with Gasteiger partial charge in [-0.1, -0.05) is 24.3 Å². The van der Waals surface area contributed by atoms with E-state index in [2.05, 4.69) is 14.9 Å². The van der Waals surface area contributed by atoms with E-state index in [4.69, 9.17) is 9.47 Å². The summed E-state index contributed by atoms with van der Waals surface area (Å²) in [6.07, 6.45) is -2.76. The number of benzene rings is 2. The number of carbonyl (C=O) groups excluding carboxylic acids is 1. The van der Waals surface area contributed by atoms with Crippen LogP contribution in [0, 0.1) is 0 Å². The molecule has 2 aliphatic rings. The zero-order chi connectivity index (χ0) is 22.5. The van der Waals surface area contributed by atoms with Crippen molar-refractivity contribution in [2.24, 2.45) is 0 Å². The molecular formula is C21H14F3N3O4S. The zero-order valence-corrected chi connectivity index (χ0v) is 17.0. The molecule has 11 heteroatoms. The smallest absolute Gasteiger partial charge is 0.435 e. The molecule has 5 rings (SSSR count). The minimum absolute atomic E-state index is 0.0738. The lowest BCUT2D eigenvalue weighted by Crippen LogP contribution is -2.21. The molecule has 0 radical (unpaired) electrons. The maximum Gasteiger partial charge on any atom is 0.435 e. The van der Waals surface area contributed by atoms with Gasteiger partial charge in [0, 0.05) is 34.4 Å². The number of nitrogens with zero attached hydrogens (tertiary/aromatic N) is 2. The number of amides is 1. The molecule has 1 N–H and O–H groups in total. The van der Waals surface area contributed by atoms with Crippen LogP contribution in [0.1, 0.15) is 23.6 Å². The number of hydrogen-bond acceptors (Lipinski definition) is 6. The van der Waals surface area contributed by atoms with Gasteiger partial charge in [-0.25, -0.2) is 4.21 Å². The van der Waals surface area contributed by atoms with E-state index in [-0.39, 0.29) is 22.6 Å². The van der Waals surface area contributed by atoms with E-state index in [1.165, 1.54) is 24.3 Å². The van der Waals surface area contributed by atoms with Gasteiger partial charge in [-0.05, 0) is 18.6 Å². The summed E-state index contributed by atoms with van der Waals surface area (Å²) in [5.41, 5.74) is -0.346. The molecule has 0 bridgehead atoms. The molecular weight excluding hydrogens is 447 g/mol. The van der Waals surface area contributed by atoms with Gasteiger partial charge in [0.2, 0.25) is 5.88 Å². The second-order valence-electron chi connectivity index (χ2n) is 7.17. The van der Waals surface area contributed by atoms with E-state index in [1.54, 1.807) is 24.3 Å². The number of rotatable bonds is 3. The van der Waals surface area contributed by atoms with Crippen molar-refractivity contribution in [3.05, 3.63) is 64.7 Å². The van der Waals surface area contributed by atoms with Crippen LogP contribution >= 0.6 is 0 Å². The van der Waals surface area contributed by atoms with Crippen molar-refractivity contribution in [3.8, 4) is 17.4 Å². The summed E-state index contributed by atoms with van der Waals surface area (Å²) >= 11 is 0. The lowest BCUT2D eigenvalue weighted by Gasteiger charge is -2.26. The molecule has 3 heterocycles. The molecule has 0 aliphatic carbocycles. The maximum absolute atomic E-state index is 13.3. The van der Waals surface area contributed by atoms with Gasteiger partial charge in [-0.15, -0.1) is 10.2 Å². The molecule has 1 amide bonds. The number of allylic oxidation sites excluding steroid dienone is 1. The van der Waals surface area contributed by atoms with Gasteiger partial charge in [0.15, 0.2) is 5.69 Å². The average Bonchev–Trinajstić information content (AvgIpc) is 3.10. The Morgan fingerprint density at radius 2 is 1.91 bits per heavy atom. The standard InChI is InChI=1S/C21H14F3N3O4S/c22-21(23,24)19-14-3-1-2-4-15(14)20(26-25-19)31-11-5-6-12-13(7-8-30-16(12)9-11)17-10-18(28)27-32(17)29/h1-6,9-10,13H,7-8H2,(H,27,28). The molecule has 2 aliphatic heterocycles. The van der Waals surface area contributed by atoms with Gasteiger partial charge in [0.1, 0.15) is 22.5 Å². The Labute approximate surface area is 181 Å². The number of hydrogen-bond donors (Lipinski definition) is 1. The van der Waals surface area contributed by atoms with E-state index >= 15 is 0 Å². The molecule has 0 spiro atoms. The highest BCUT2D eigenvalue weighted by Gasteiger charge is 2.36. The summed E-state index contributed by atoms with van der Waals surface area (Å²) in [4.78, 5) is 12.0. The van der Waals surface area contributed by atoms with Gasteiger partial charge in [0.25, 0.3) is 5.91 Å². The fourth-order valence-electron chi connectivity index (χ4n) is 3.80. The molecule has 3 aromatic rings. The van der Waals surface area contributed by atoms with Crippen molar-refractivity contribution >= 4 is 27.7 Å². The second-order valence-corrected chi connectivity index (χ2v) is 8.38. The van der Waals surface area contributed by atoms with Crippen LogP contribution in [0.2, 0.25) is 0 Å². The van der Waals surface area contributed by atoms with Crippen molar-refractivity contribution in [1.29, 1.82) is 0 Å². The first-order chi connectivity index (χ1) is 15.3. The molecule has 2 atom stereocenters. The lowest BCUT2D eigenvalue weighted by molar-refractivity contribution is -0.140. The van der Waals surface area contributed by atoms with Crippen LogP contribution in [0.3, 0.4) is 0 Å². The Kier molecular flexibility index (Phi) is 4.85. The Morgan fingerprint density at radius 1 is 1.12 bits per heavy atom. The number of halogens is 3. The van der Waals surface area contributed by atoms with Crippen LogP contribution in [0.25, 0.3) is 10.8 Å². The molecule has 7 nitrogen and oxygen atoms in total. The molecule has 2 aromatic carbocycles. The Hall–Kier alpha value is -3.47. The number of alkyl halides is 3. The molecule has 164 valence electrons. The van der Waals surface area contributed by atoms with Crippen LogP contribution in [0.4, 0.5) is 13.2 Å². The first-order valence-electron chi connectivity index (χ1n) is 9.52. The summed E-state index contributed by atoms with van der Waals surface area (Å²) < 4.78 is 65.8. The second kappa shape index (κ2) is 7.59. The fourth-order valence-corrected chi connectivity index (χ4v) is 4.87. The highest BCUT2D eigenvalue weighted by Crippen LogP contribution is 2.43. The number of nitrogens with one attached hydrogen (secondary N) is 1. The van der Waals surface area contributed by atoms with Gasteiger partial charge in [-0.3, -0.25) is 9.52 Å². The monoisotopic (exact) mass is 461 g/mol. The Balaban J connectivity index is 1.50. The van der Waals surface area contributed by atoms with Crippen molar-refractivity contribution < 1.29 is 31.6 Å². The Bertz CT molecular complexity index is 1310. The lowest BCUT2D eigenvalue weighted by atomic mass is 9.92. The van der Waals surface area contributed by atoms with Gasteiger partial charge in [0.05, 0.1) is 11.5 Å². The first kappa shape index (κ1) is 20.4. The van der Waals surface area contributed by atoms with Gasteiger partial charge < -0.3 is 9.47 Å². The van der Waals surface area contributed by atoms with Crippen molar-refractivity contribution in [3.63, 3.8) is 0 Å². The highest BCUT2D eigenvalue weighted by molar-refractivity contribution is 7.88. The minimum Gasteiger partial charge on any atom is -0.493 e. The van der Waals surface area contributed by atoms with E-state index in [0.717, 1.165) is 5.56 Å². The highest BCUT2D eigenvalue weighted by atomic mass is 32.2. The SMILES string of the molecule is O=C1C=C(C2CCOc3cc(Oc4nnc(C(F)(F)F)c5ccccc45)ccc32)S(=O)N1. The van der Waals surface area contributed by atoms with Crippen LogP contribution in [-0.4, -0.2) is 26.9 Å².